The number of rotatable bonds is 6. The van der Waals surface area contributed by atoms with E-state index in [9.17, 15) is 9.59 Å². The van der Waals surface area contributed by atoms with Crippen LogP contribution in [-0.4, -0.2) is 24.3 Å². The molecule has 1 aliphatic heterocycles. The molecule has 5 rings (SSSR count). The molecule has 194 valence electrons. The van der Waals surface area contributed by atoms with Gasteiger partial charge in [-0.2, -0.15) is 0 Å². The average Bonchev–Trinajstić information content (AvgIpc) is 3.49. The summed E-state index contributed by atoms with van der Waals surface area (Å²) >= 11 is 13.7. The lowest BCUT2D eigenvalue weighted by Gasteiger charge is -2.24. The fraction of sp³-hybridized carbons (Fsp3) is 0.179. The largest absolute Gasteiger partial charge is 0.497 e. The quantitative estimate of drug-likeness (QED) is 0.292. The molecule has 1 aliphatic rings. The second kappa shape index (κ2) is 10.6. The van der Waals surface area contributed by atoms with Crippen LogP contribution in [0.2, 0.25) is 10.0 Å². The van der Waals surface area contributed by atoms with Crippen LogP contribution in [0, 0.1) is 0 Å². The number of aromatic nitrogens is 1. The van der Waals surface area contributed by atoms with E-state index in [0.29, 0.717) is 53.5 Å². The molecule has 2 aromatic heterocycles. The monoisotopic (exact) mass is 568 g/mol. The van der Waals surface area contributed by atoms with Crippen LogP contribution in [0.1, 0.15) is 31.2 Å². The lowest BCUT2D eigenvalue weighted by molar-refractivity contribution is -0.139. The van der Waals surface area contributed by atoms with E-state index in [1.807, 2.05) is 12.1 Å². The van der Waals surface area contributed by atoms with Gasteiger partial charge in [-0.15, -0.1) is 0 Å². The van der Waals surface area contributed by atoms with Gasteiger partial charge in [-0.3, -0.25) is 9.36 Å². The predicted octanol–water partition coefficient (Wildman–Crippen LogP) is 5.37. The van der Waals surface area contributed by atoms with Crippen LogP contribution in [-0.2, 0) is 9.53 Å². The maximum atomic E-state index is 13.7. The topological polar surface area (TPSA) is 83.0 Å². The Hall–Kier alpha value is -3.59. The van der Waals surface area contributed by atoms with Crippen molar-refractivity contribution in [1.29, 1.82) is 0 Å². The number of fused-ring (bicyclic) bond motifs is 1. The molecule has 0 bridgehead atoms. The van der Waals surface area contributed by atoms with Gasteiger partial charge >= 0.3 is 5.97 Å². The molecule has 1 atom stereocenters. The molecule has 0 unspecified atom stereocenters. The van der Waals surface area contributed by atoms with Gasteiger partial charge in [0.25, 0.3) is 5.56 Å². The molecule has 0 saturated carbocycles. The van der Waals surface area contributed by atoms with E-state index in [0.717, 1.165) is 5.56 Å². The molecule has 7 nitrogen and oxygen atoms in total. The molecule has 0 fully saturated rings. The van der Waals surface area contributed by atoms with Crippen LogP contribution in [0.5, 0.6) is 5.75 Å². The Morgan fingerprint density at radius 2 is 1.92 bits per heavy atom. The van der Waals surface area contributed by atoms with Gasteiger partial charge in [-0.25, -0.2) is 9.79 Å². The highest BCUT2D eigenvalue weighted by atomic mass is 35.5. The third kappa shape index (κ3) is 4.82. The minimum atomic E-state index is -0.712. The Balaban J connectivity index is 1.64. The summed E-state index contributed by atoms with van der Waals surface area (Å²) in [6.45, 7) is 3.68. The van der Waals surface area contributed by atoms with Crippen molar-refractivity contribution in [2.45, 2.75) is 19.9 Å². The molecule has 0 spiro atoms. The summed E-state index contributed by atoms with van der Waals surface area (Å²) < 4.78 is 18.5. The second-order valence-corrected chi connectivity index (χ2v) is 10.3. The molecule has 0 amide bonds. The average molecular weight is 569 g/mol. The fourth-order valence-electron chi connectivity index (χ4n) is 4.28. The highest BCUT2D eigenvalue weighted by molar-refractivity contribution is 7.07. The van der Waals surface area contributed by atoms with Gasteiger partial charge in [0.15, 0.2) is 4.80 Å². The SMILES string of the molecule is CCOC(=O)C1=C(C)N=c2sc(=Cc3ccc(-c4cc(Cl)ccc4Cl)o3)c(=O)n2[C@@H]1c1ccc(OC)cc1. The van der Waals surface area contributed by atoms with Crippen LogP contribution in [0.3, 0.4) is 0 Å². The normalized spacial score (nSPS) is 15.3. The molecule has 2 aromatic carbocycles. The van der Waals surface area contributed by atoms with E-state index in [4.69, 9.17) is 37.1 Å². The van der Waals surface area contributed by atoms with Gasteiger partial charge in [0.05, 0.1) is 40.6 Å². The molecule has 0 N–H and O–H groups in total. The highest BCUT2D eigenvalue weighted by Gasteiger charge is 2.33. The lowest BCUT2D eigenvalue weighted by Crippen LogP contribution is -2.39. The van der Waals surface area contributed by atoms with Crippen molar-refractivity contribution < 1.29 is 18.7 Å². The van der Waals surface area contributed by atoms with Crippen LogP contribution in [0.25, 0.3) is 17.4 Å². The lowest BCUT2D eigenvalue weighted by atomic mass is 9.96. The van der Waals surface area contributed by atoms with Crippen LogP contribution >= 0.6 is 34.5 Å². The zero-order chi connectivity index (χ0) is 27.0. The van der Waals surface area contributed by atoms with Crippen LogP contribution in [0.4, 0.5) is 0 Å². The minimum Gasteiger partial charge on any atom is -0.497 e. The summed E-state index contributed by atoms with van der Waals surface area (Å²) in [5, 5.41) is 1.03. The number of halogens is 2. The van der Waals surface area contributed by atoms with E-state index >= 15 is 0 Å². The van der Waals surface area contributed by atoms with Crippen molar-refractivity contribution in [3.8, 4) is 17.1 Å². The van der Waals surface area contributed by atoms with Gasteiger partial charge in [0.1, 0.15) is 17.3 Å². The molecule has 3 heterocycles. The van der Waals surface area contributed by atoms with Crippen molar-refractivity contribution >= 4 is 46.6 Å². The van der Waals surface area contributed by atoms with Crippen molar-refractivity contribution in [1.82, 2.24) is 4.57 Å². The summed E-state index contributed by atoms with van der Waals surface area (Å²) in [5.41, 5.74) is 1.88. The summed E-state index contributed by atoms with van der Waals surface area (Å²) in [4.78, 5) is 31.8. The summed E-state index contributed by atoms with van der Waals surface area (Å²) in [6, 6.07) is 15.1. The minimum absolute atomic E-state index is 0.201. The molecular formula is C28H22Cl2N2O5S. The van der Waals surface area contributed by atoms with Crippen molar-refractivity contribution in [3.63, 3.8) is 0 Å². The summed E-state index contributed by atoms with van der Waals surface area (Å²) in [5.74, 6) is 1.13. The number of benzene rings is 2. The Morgan fingerprint density at radius 3 is 2.63 bits per heavy atom. The second-order valence-electron chi connectivity index (χ2n) is 8.40. The number of carbonyl (C=O) groups is 1. The Bertz CT molecular complexity index is 1750. The van der Waals surface area contributed by atoms with E-state index in [2.05, 4.69) is 4.99 Å². The zero-order valence-electron chi connectivity index (χ0n) is 20.7. The van der Waals surface area contributed by atoms with E-state index < -0.39 is 12.0 Å². The van der Waals surface area contributed by atoms with E-state index in [-0.39, 0.29) is 12.2 Å². The Morgan fingerprint density at radius 1 is 1.16 bits per heavy atom. The van der Waals surface area contributed by atoms with Gasteiger partial charge < -0.3 is 13.9 Å². The highest BCUT2D eigenvalue weighted by Crippen LogP contribution is 2.33. The third-order valence-corrected chi connectivity index (χ3v) is 7.59. The molecule has 10 heteroatoms. The van der Waals surface area contributed by atoms with E-state index in [1.54, 1.807) is 69.5 Å². The number of carbonyl (C=O) groups excluding carboxylic acids is 1. The van der Waals surface area contributed by atoms with Crippen molar-refractivity contribution in [2.24, 2.45) is 4.99 Å². The van der Waals surface area contributed by atoms with E-state index in [1.165, 1.54) is 15.9 Å². The number of hydrogen-bond donors (Lipinski definition) is 0. The van der Waals surface area contributed by atoms with Crippen molar-refractivity contribution in [2.75, 3.05) is 13.7 Å². The number of allylic oxidation sites excluding steroid dienone is 1. The fourth-order valence-corrected chi connectivity index (χ4v) is 5.69. The molecule has 0 saturated heterocycles. The van der Waals surface area contributed by atoms with Gasteiger partial charge in [-0.1, -0.05) is 46.7 Å². The molecule has 4 aromatic rings. The smallest absolute Gasteiger partial charge is 0.338 e. The summed E-state index contributed by atoms with van der Waals surface area (Å²) in [6.07, 6.45) is 1.65. The molecule has 38 heavy (non-hydrogen) atoms. The first-order chi connectivity index (χ1) is 18.3. The van der Waals surface area contributed by atoms with Crippen LogP contribution in [0.15, 0.2) is 80.1 Å². The number of hydrogen-bond acceptors (Lipinski definition) is 7. The zero-order valence-corrected chi connectivity index (χ0v) is 23.0. The number of esters is 1. The van der Waals surface area contributed by atoms with Gasteiger partial charge in [-0.05, 0) is 61.9 Å². The van der Waals surface area contributed by atoms with Crippen molar-refractivity contribution in [3.05, 3.63) is 107 Å². The number of thiazole rings is 1. The third-order valence-electron chi connectivity index (χ3n) is 6.04. The van der Waals surface area contributed by atoms with Crippen LogP contribution < -0.4 is 19.6 Å². The number of methoxy groups -OCH3 is 1. The predicted molar refractivity (Wildman–Crippen MR) is 148 cm³/mol. The maximum Gasteiger partial charge on any atom is 0.338 e. The van der Waals surface area contributed by atoms with Gasteiger partial charge in [0.2, 0.25) is 0 Å². The maximum absolute atomic E-state index is 13.7. The number of nitrogens with zero attached hydrogens (tertiary/aromatic N) is 2. The molecule has 0 radical (unpaired) electrons. The van der Waals surface area contributed by atoms with Gasteiger partial charge in [0, 0.05) is 16.7 Å². The molecular weight excluding hydrogens is 547 g/mol. The Kier molecular flexibility index (Phi) is 7.29. The standard InChI is InChI=1S/C28H22Cl2N2O5S/c1-4-36-27(34)24-15(2)31-28-32(25(24)16-5-8-18(35-3)9-6-16)26(33)23(38-28)14-19-10-12-22(37-19)20-13-17(29)7-11-21(20)30/h5-14,25H,4H2,1-3H3/t25-/m1/s1. The Labute approximate surface area is 231 Å². The first-order valence-corrected chi connectivity index (χ1v) is 13.3. The number of furan rings is 1. The molecule has 0 aliphatic carbocycles. The first kappa shape index (κ1) is 26.0. The first-order valence-electron chi connectivity index (χ1n) is 11.7. The number of ether oxygens (including phenoxy) is 2. The summed E-state index contributed by atoms with van der Waals surface area (Å²) in [7, 11) is 1.58.